The highest BCUT2D eigenvalue weighted by atomic mass is 32.1. The van der Waals surface area contributed by atoms with Gasteiger partial charge in [0.05, 0.1) is 5.51 Å². The van der Waals surface area contributed by atoms with E-state index < -0.39 is 0 Å². The van der Waals surface area contributed by atoms with Crippen LogP contribution in [0.4, 0.5) is 5.82 Å². The zero-order valence-electron chi connectivity index (χ0n) is 13.3. The molecule has 5 nitrogen and oxygen atoms in total. The first-order chi connectivity index (χ1) is 11.7. The van der Waals surface area contributed by atoms with Gasteiger partial charge in [-0.2, -0.15) is 0 Å². The zero-order valence-corrected chi connectivity index (χ0v) is 14.2. The van der Waals surface area contributed by atoms with Gasteiger partial charge in [0.25, 0.3) is 5.91 Å². The normalized spacial score (nSPS) is 10.4. The average Bonchev–Trinajstić information content (AvgIpc) is 3.15. The number of nitrogens with zero attached hydrogens (tertiary/aromatic N) is 3. The minimum atomic E-state index is -0.170. The highest BCUT2D eigenvalue weighted by molar-refractivity contribution is 7.07. The Hall–Kier alpha value is -2.73. The molecule has 0 fully saturated rings. The zero-order chi connectivity index (χ0) is 16.8. The molecule has 0 bridgehead atoms. The van der Waals surface area contributed by atoms with Gasteiger partial charge >= 0.3 is 0 Å². The molecule has 0 saturated carbocycles. The summed E-state index contributed by atoms with van der Waals surface area (Å²) in [5, 5.41) is 4.64. The number of nitrogens with one attached hydrogen (secondary N) is 1. The van der Waals surface area contributed by atoms with Crippen molar-refractivity contribution in [2.45, 2.75) is 13.1 Å². The van der Waals surface area contributed by atoms with E-state index in [2.05, 4.69) is 32.3 Å². The molecule has 0 aliphatic heterocycles. The summed E-state index contributed by atoms with van der Waals surface area (Å²) in [4.78, 5) is 22.6. The van der Waals surface area contributed by atoms with Crippen molar-refractivity contribution in [1.29, 1.82) is 0 Å². The fraction of sp³-hybridized carbons (Fsp3) is 0.167. The first-order valence-corrected chi connectivity index (χ1v) is 8.53. The fourth-order valence-corrected chi connectivity index (χ4v) is 2.97. The number of aromatic nitrogens is 2. The number of carbonyl (C=O) groups is 1. The van der Waals surface area contributed by atoms with Gasteiger partial charge in [0.15, 0.2) is 0 Å². The molecule has 0 atom stereocenters. The van der Waals surface area contributed by atoms with Gasteiger partial charge in [0.1, 0.15) is 11.5 Å². The van der Waals surface area contributed by atoms with E-state index in [1.54, 1.807) is 17.1 Å². The number of amides is 1. The van der Waals surface area contributed by atoms with Crippen LogP contribution in [0.25, 0.3) is 0 Å². The molecule has 1 N–H and O–H groups in total. The van der Waals surface area contributed by atoms with Gasteiger partial charge in [-0.25, -0.2) is 9.97 Å². The van der Waals surface area contributed by atoms with E-state index in [1.807, 2.05) is 37.4 Å². The second-order valence-electron chi connectivity index (χ2n) is 5.38. The maximum absolute atomic E-state index is 12.1. The second-order valence-corrected chi connectivity index (χ2v) is 6.10. The van der Waals surface area contributed by atoms with Gasteiger partial charge < -0.3 is 10.2 Å². The third-order valence-electron chi connectivity index (χ3n) is 3.60. The maximum atomic E-state index is 12.1. The van der Waals surface area contributed by atoms with Crippen LogP contribution in [-0.4, -0.2) is 22.9 Å². The van der Waals surface area contributed by atoms with Crippen LogP contribution >= 0.6 is 11.3 Å². The van der Waals surface area contributed by atoms with Gasteiger partial charge in [0.2, 0.25) is 0 Å². The summed E-state index contributed by atoms with van der Waals surface area (Å²) in [6.45, 7) is 1.17. The van der Waals surface area contributed by atoms with Crippen molar-refractivity contribution < 1.29 is 4.79 Å². The van der Waals surface area contributed by atoms with E-state index >= 15 is 0 Å². The standard InChI is InChI=1S/C18H18N4OS/c1-22(11-14-6-3-2-4-7-14)17-15(8-5-9-19-17)10-20-18(23)16-12-24-13-21-16/h2-9,12-13H,10-11H2,1H3,(H,20,23). The summed E-state index contributed by atoms with van der Waals surface area (Å²) < 4.78 is 0. The van der Waals surface area contributed by atoms with E-state index in [9.17, 15) is 4.79 Å². The first kappa shape index (κ1) is 16.1. The molecular weight excluding hydrogens is 320 g/mol. The van der Waals surface area contributed by atoms with E-state index in [0.717, 1.165) is 17.9 Å². The molecule has 0 aliphatic carbocycles. The van der Waals surface area contributed by atoms with Crippen LogP contribution in [0.5, 0.6) is 0 Å². The van der Waals surface area contributed by atoms with Crippen LogP contribution < -0.4 is 10.2 Å². The molecule has 122 valence electrons. The minimum absolute atomic E-state index is 0.170. The lowest BCUT2D eigenvalue weighted by Gasteiger charge is -2.21. The third-order valence-corrected chi connectivity index (χ3v) is 4.18. The Kier molecular flexibility index (Phi) is 5.18. The molecule has 24 heavy (non-hydrogen) atoms. The smallest absolute Gasteiger partial charge is 0.271 e. The monoisotopic (exact) mass is 338 g/mol. The maximum Gasteiger partial charge on any atom is 0.271 e. The second kappa shape index (κ2) is 7.70. The highest BCUT2D eigenvalue weighted by Crippen LogP contribution is 2.18. The number of anilines is 1. The Morgan fingerprint density at radius 1 is 1.17 bits per heavy atom. The molecule has 0 spiro atoms. The molecule has 3 aromatic rings. The van der Waals surface area contributed by atoms with Crippen molar-refractivity contribution in [3.63, 3.8) is 0 Å². The lowest BCUT2D eigenvalue weighted by atomic mass is 10.2. The average molecular weight is 338 g/mol. The quantitative estimate of drug-likeness (QED) is 0.750. The van der Waals surface area contributed by atoms with Gasteiger partial charge in [-0.05, 0) is 11.6 Å². The van der Waals surface area contributed by atoms with Crippen LogP contribution in [0.1, 0.15) is 21.6 Å². The Labute approximate surface area is 145 Å². The SMILES string of the molecule is CN(Cc1ccccc1)c1ncccc1CNC(=O)c1cscn1. The van der Waals surface area contributed by atoms with Crippen molar-refractivity contribution in [2.24, 2.45) is 0 Å². The van der Waals surface area contributed by atoms with E-state index in [4.69, 9.17) is 0 Å². The molecular formula is C18H18N4OS. The van der Waals surface area contributed by atoms with Crippen molar-refractivity contribution in [3.8, 4) is 0 Å². The third kappa shape index (κ3) is 3.97. The molecule has 0 radical (unpaired) electrons. The Morgan fingerprint density at radius 2 is 2.00 bits per heavy atom. The highest BCUT2D eigenvalue weighted by Gasteiger charge is 2.12. The van der Waals surface area contributed by atoms with Gasteiger partial charge in [-0.1, -0.05) is 36.4 Å². The summed E-state index contributed by atoms with van der Waals surface area (Å²) in [7, 11) is 2.00. The Balaban J connectivity index is 1.69. The van der Waals surface area contributed by atoms with Gasteiger partial charge in [-0.15, -0.1) is 11.3 Å². The van der Waals surface area contributed by atoms with Crippen LogP contribution in [0.2, 0.25) is 0 Å². The van der Waals surface area contributed by atoms with Crippen LogP contribution in [0.15, 0.2) is 59.6 Å². The number of thiazole rings is 1. The molecule has 2 heterocycles. The predicted octanol–water partition coefficient (Wildman–Crippen LogP) is 3.10. The van der Waals surface area contributed by atoms with Crippen molar-refractivity contribution in [1.82, 2.24) is 15.3 Å². The summed E-state index contributed by atoms with van der Waals surface area (Å²) in [6, 6.07) is 14.1. The number of carbonyl (C=O) groups excluding carboxylic acids is 1. The predicted molar refractivity (Wildman–Crippen MR) is 96.1 cm³/mol. The van der Waals surface area contributed by atoms with E-state index in [-0.39, 0.29) is 5.91 Å². The number of rotatable bonds is 6. The molecule has 1 amide bonds. The Morgan fingerprint density at radius 3 is 2.75 bits per heavy atom. The lowest BCUT2D eigenvalue weighted by Crippen LogP contribution is -2.25. The van der Waals surface area contributed by atoms with E-state index in [1.165, 1.54) is 16.9 Å². The molecule has 1 aromatic carbocycles. The van der Waals surface area contributed by atoms with Gasteiger partial charge in [-0.3, -0.25) is 4.79 Å². The minimum Gasteiger partial charge on any atom is -0.355 e. The summed E-state index contributed by atoms with van der Waals surface area (Å²) in [5.41, 5.74) is 4.28. The fourth-order valence-electron chi connectivity index (χ4n) is 2.43. The van der Waals surface area contributed by atoms with Crippen molar-refractivity contribution in [3.05, 3.63) is 76.4 Å². The summed E-state index contributed by atoms with van der Waals surface area (Å²) in [6.07, 6.45) is 1.77. The summed E-state index contributed by atoms with van der Waals surface area (Å²) >= 11 is 1.41. The number of pyridine rings is 1. The first-order valence-electron chi connectivity index (χ1n) is 7.59. The van der Waals surface area contributed by atoms with Crippen molar-refractivity contribution >= 4 is 23.1 Å². The molecule has 6 heteroatoms. The van der Waals surface area contributed by atoms with Crippen LogP contribution in [-0.2, 0) is 13.1 Å². The topological polar surface area (TPSA) is 58.1 Å². The number of benzene rings is 1. The largest absolute Gasteiger partial charge is 0.355 e. The van der Waals surface area contributed by atoms with E-state index in [0.29, 0.717) is 12.2 Å². The number of hydrogen-bond acceptors (Lipinski definition) is 5. The Bertz CT molecular complexity index is 790. The van der Waals surface area contributed by atoms with Crippen LogP contribution in [0, 0.1) is 0 Å². The summed E-state index contributed by atoms with van der Waals surface area (Å²) in [5.74, 6) is 0.691. The van der Waals surface area contributed by atoms with Gasteiger partial charge in [0, 0.05) is 37.3 Å². The van der Waals surface area contributed by atoms with Crippen molar-refractivity contribution in [2.75, 3.05) is 11.9 Å². The molecule has 0 saturated heterocycles. The molecule has 2 aromatic heterocycles. The van der Waals surface area contributed by atoms with Crippen LogP contribution in [0.3, 0.4) is 0 Å². The number of hydrogen-bond donors (Lipinski definition) is 1. The molecule has 0 unspecified atom stereocenters. The molecule has 3 rings (SSSR count). The molecule has 0 aliphatic rings. The lowest BCUT2D eigenvalue weighted by molar-refractivity contribution is 0.0946.